The number of anilines is 1. The van der Waals surface area contributed by atoms with Gasteiger partial charge in [-0.3, -0.25) is 0 Å². The average Bonchev–Trinajstić information content (AvgIpc) is 2.09. The smallest absolute Gasteiger partial charge is 0.109 e. The van der Waals surface area contributed by atoms with Crippen LogP contribution in [0.25, 0.3) is 0 Å². The van der Waals surface area contributed by atoms with E-state index in [2.05, 4.69) is 15.9 Å². The summed E-state index contributed by atoms with van der Waals surface area (Å²) in [4.78, 5) is 9.65. The fourth-order valence-electron chi connectivity index (χ4n) is 0.886. The Hall–Kier alpha value is -0.580. The van der Waals surface area contributed by atoms with Crippen molar-refractivity contribution < 1.29 is 9.78 Å². The summed E-state index contributed by atoms with van der Waals surface area (Å²) in [7, 11) is 0. The number of rotatable bonds is 4. The first-order valence-corrected chi connectivity index (χ1v) is 4.81. The molecule has 72 valence electrons. The molecule has 0 heterocycles. The van der Waals surface area contributed by atoms with E-state index in [0.717, 1.165) is 10.0 Å². The SMILES string of the molecule is CCOOCc1ccc(Br)cc1N. The second-order valence-corrected chi connectivity index (χ2v) is 3.43. The van der Waals surface area contributed by atoms with Crippen LogP contribution in [0.2, 0.25) is 0 Å². The Morgan fingerprint density at radius 2 is 2.15 bits per heavy atom. The monoisotopic (exact) mass is 245 g/mol. The molecule has 0 saturated carbocycles. The first-order chi connectivity index (χ1) is 6.24. The van der Waals surface area contributed by atoms with Crippen molar-refractivity contribution in [1.29, 1.82) is 0 Å². The minimum absolute atomic E-state index is 0.382. The Labute approximate surface area is 85.9 Å². The fraction of sp³-hybridized carbons (Fsp3) is 0.333. The zero-order valence-corrected chi connectivity index (χ0v) is 9.00. The molecule has 0 aliphatic heterocycles. The predicted octanol–water partition coefficient (Wildman–Crippen LogP) is 2.50. The Balaban J connectivity index is 2.56. The summed E-state index contributed by atoms with van der Waals surface area (Å²) in [5.74, 6) is 0. The maximum absolute atomic E-state index is 5.74. The quantitative estimate of drug-likeness (QED) is 0.384. The van der Waals surface area contributed by atoms with Gasteiger partial charge >= 0.3 is 0 Å². The van der Waals surface area contributed by atoms with Crippen molar-refractivity contribution in [2.24, 2.45) is 0 Å². The lowest BCUT2D eigenvalue weighted by molar-refractivity contribution is -0.300. The molecule has 1 aromatic rings. The summed E-state index contributed by atoms with van der Waals surface area (Å²) >= 11 is 3.33. The largest absolute Gasteiger partial charge is 0.398 e. The molecule has 0 amide bonds. The van der Waals surface area contributed by atoms with E-state index >= 15 is 0 Å². The third kappa shape index (κ3) is 3.34. The van der Waals surface area contributed by atoms with E-state index in [1.807, 2.05) is 25.1 Å². The topological polar surface area (TPSA) is 44.5 Å². The Kier molecular flexibility index (Phi) is 4.21. The number of hydrogen-bond donors (Lipinski definition) is 1. The Bertz CT molecular complexity index is 278. The molecule has 2 N–H and O–H groups in total. The van der Waals surface area contributed by atoms with Crippen molar-refractivity contribution >= 4 is 21.6 Å². The molecule has 0 unspecified atom stereocenters. The van der Waals surface area contributed by atoms with Crippen molar-refractivity contribution in [2.75, 3.05) is 12.3 Å². The molecule has 0 radical (unpaired) electrons. The second kappa shape index (κ2) is 5.21. The first-order valence-electron chi connectivity index (χ1n) is 4.02. The van der Waals surface area contributed by atoms with Crippen LogP contribution in [-0.2, 0) is 16.4 Å². The van der Waals surface area contributed by atoms with Gasteiger partial charge in [0.25, 0.3) is 0 Å². The lowest BCUT2D eigenvalue weighted by Gasteiger charge is -2.05. The number of halogens is 1. The molecule has 1 aromatic carbocycles. The highest BCUT2D eigenvalue weighted by atomic mass is 79.9. The number of benzene rings is 1. The summed E-state index contributed by atoms with van der Waals surface area (Å²) in [6, 6.07) is 5.66. The molecule has 3 nitrogen and oxygen atoms in total. The maximum atomic E-state index is 5.74. The van der Waals surface area contributed by atoms with Crippen LogP contribution < -0.4 is 5.73 Å². The fourth-order valence-corrected chi connectivity index (χ4v) is 1.26. The van der Waals surface area contributed by atoms with E-state index in [-0.39, 0.29) is 0 Å². The minimum Gasteiger partial charge on any atom is -0.398 e. The van der Waals surface area contributed by atoms with E-state index in [9.17, 15) is 0 Å². The van der Waals surface area contributed by atoms with Crippen LogP contribution in [0.5, 0.6) is 0 Å². The number of hydrogen-bond acceptors (Lipinski definition) is 3. The summed E-state index contributed by atoms with van der Waals surface area (Å²) < 4.78 is 0.963. The molecular weight excluding hydrogens is 234 g/mol. The minimum atomic E-state index is 0.382. The highest BCUT2D eigenvalue weighted by Gasteiger charge is 1.99. The van der Waals surface area contributed by atoms with Crippen molar-refractivity contribution in [2.45, 2.75) is 13.5 Å². The Morgan fingerprint density at radius 1 is 1.38 bits per heavy atom. The average molecular weight is 246 g/mol. The zero-order chi connectivity index (χ0) is 9.68. The normalized spacial score (nSPS) is 10.3. The molecule has 1 rings (SSSR count). The third-order valence-corrected chi connectivity index (χ3v) is 2.02. The van der Waals surface area contributed by atoms with Crippen LogP contribution in [0.3, 0.4) is 0 Å². The van der Waals surface area contributed by atoms with Crippen molar-refractivity contribution in [3.05, 3.63) is 28.2 Å². The number of nitrogen functional groups attached to an aromatic ring is 1. The van der Waals surface area contributed by atoms with E-state index in [0.29, 0.717) is 18.9 Å². The predicted molar refractivity (Wildman–Crippen MR) is 55.0 cm³/mol. The van der Waals surface area contributed by atoms with E-state index in [1.54, 1.807) is 0 Å². The van der Waals surface area contributed by atoms with Crippen LogP contribution in [0.1, 0.15) is 12.5 Å². The van der Waals surface area contributed by atoms with Crippen molar-refractivity contribution in [3.63, 3.8) is 0 Å². The van der Waals surface area contributed by atoms with Gasteiger partial charge in [0.2, 0.25) is 0 Å². The van der Waals surface area contributed by atoms with Gasteiger partial charge in [-0.05, 0) is 19.1 Å². The van der Waals surface area contributed by atoms with Gasteiger partial charge in [0.1, 0.15) is 6.61 Å². The zero-order valence-electron chi connectivity index (χ0n) is 7.42. The summed E-state index contributed by atoms with van der Waals surface area (Å²) in [5, 5.41) is 0. The van der Waals surface area contributed by atoms with Crippen LogP contribution in [0, 0.1) is 0 Å². The van der Waals surface area contributed by atoms with Gasteiger partial charge in [-0.2, -0.15) is 0 Å². The molecular formula is C9H12BrNO2. The standard InChI is InChI=1S/C9H12BrNO2/c1-2-12-13-6-7-3-4-8(10)5-9(7)11/h3-5H,2,6,11H2,1H3. The van der Waals surface area contributed by atoms with Gasteiger partial charge in [0.05, 0.1) is 6.61 Å². The summed E-state index contributed by atoms with van der Waals surface area (Å²) in [6.45, 7) is 2.79. The summed E-state index contributed by atoms with van der Waals surface area (Å²) in [5.41, 5.74) is 7.37. The number of nitrogens with two attached hydrogens (primary N) is 1. The van der Waals surface area contributed by atoms with Crippen molar-refractivity contribution in [3.8, 4) is 0 Å². The molecule has 0 aromatic heterocycles. The third-order valence-electron chi connectivity index (χ3n) is 1.52. The van der Waals surface area contributed by atoms with Gasteiger partial charge in [-0.1, -0.05) is 22.0 Å². The lowest BCUT2D eigenvalue weighted by Crippen LogP contribution is -1.98. The second-order valence-electron chi connectivity index (χ2n) is 2.51. The van der Waals surface area contributed by atoms with E-state index in [1.165, 1.54) is 0 Å². The lowest BCUT2D eigenvalue weighted by atomic mass is 10.2. The van der Waals surface area contributed by atoms with E-state index in [4.69, 9.17) is 15.5 Å². The molecule has 0 atom stereocenters. The van der Waals surface area contributed by atoms with Gasteiger partial charge in [-0.25, -0.2) is 9.78 Å². The van der Waals surface area contributed by atoms with Gasteiger partial charge < -0.3 is 5.73 Å². The molecule has 0 aliphatic carbocycles. The van der Waals surface area contributed by atoms with E-state index < -0.39 is 0 Å². The van der Waals surface area contributed by atoms with Crippen LogP contribution in [0.15, 0.2) is 22.7 Å². The van der Waals surface area contributed by atoms with Crippen LogP contribution >= 0.6 is 15.9 Å². The van der Waals surface area contributed by atoms with Gasteiger partial charge in [0, 0.05) is 15.7 Å². The summed E-state index contributed by atoms with van der Waals surface area (Å²) in [6.07, 6.45) is 0. The maximum Gasteiger partial charge on any atom is 0.109 e. The molecule has 0 bridgehead atoms. The molecule has 0 fully saturated rings. The highest BCUT2D eigenvalue weighted by molar-refractivity contribution is 9.10. The van der Waals surface area contributed by atoms with Crippen molar-refractivity contribution in [1.82, 2.24) is 0 Å². The first kappa shape index (κ1) is 10.5. The molecule has 0 spiro atoms. The van der Waals surface area contributed by atoms with Gasteiger partial charge in [-0.15, -0.1) is 0 Å². The molecule has 13 heavy (non-hydrogen) atoms. The Morgan fingerprint density at radius 3 is 2.77 bits per heavy atom. The molecule has 4 heteroatoms. The molecule has 0 aliphatic rings. The highest BCUT2D eigenvalue weighted by Crippen LogP contribution is 2.19. The van der Waals surface area contributed by atoms with Crippen LogP contribution in [0.4, 0.5) is 5.69 Å². The van der Waals surface area contributed by atoms with Gasteiger partial charge in [0.15, 0.2) is 0 Å². The van der Waals surface area contributed by atoms with Crippen LogP contribution in [-0.4, -0.2) is 6.61 Å². The molecule has 0 saturated heterocycles.